The summed E-state index contributed by atoms with van der Waals surface area (Å²) in [5.41, 5.74) is -0.0643. The second-order valence-corrected chi connectivity index (χ2v) is 4.57. The third-order valence-electron chi connectivity index (χ3n) is 3.38. The molecule has 1 aromatic carbocycles. The molecule has 0 atom stereocenters. The van der Waals surface area contributed by atoms with Crippen molar-refractivity contribution in [1.29, 1.82) is 0 Å². The highest BCUT2D eigenvalue weighted by atomic mass is 16.4. The Morgan fingerprint density at radius 3 is 2.11 bits per heavy atom. The molecular weight excluding hydrogens is 230 g/mol. The van der Waals surface area contributed by atoms with Crippen LogP contribution in [0.3, 0.4) is 0 Å². The molecule has 0 heterocycles. The summed E-state index contributed by atoms with van der Waals surface area (Å²) in [5, 5.41) is 11.9. The number of carbonyl (C=O) groups excluding carboxylic acids is 1. The van der Waals surface area contributed by atoms with E-state index in [0.717, 1.165) is 12.8 Å². The first-order valence-electron chi connectivity index (χ1n) is 6.08. The predicted molar refractivity (Wildman–Crippen MR) is 69.9 cm³/mol. The van der Waals surface area contributed by atoms with Crippen LogP contribution >= 0.6 is 0 Å². The number of rotatable bonds is 5. The molecular formula is C14H19NO3. The standard InChI is InChI=1S/C14H19NO3/c1-4-14(3,5-2)15-12(16)10-8-6-7-9-11(10)13(17)18/h6-9H,4-5H2,1-3H3,(H,15,16)(H,17,18). The third kappa shape index (κ3) is 3.09. The van der Waals surface area contributed by atoms with Crippen molar-refractivity contribution in [2.24, 2.45) is 0 Å². The van der Waals surface area contributed by atoms with Crippen LogP contribution in [0.2, 0.25) is 0 Å². The second-order valence-electron chi connectivity index (χ2n) is 4.57. The fourth-order valence-electron chi connectivity index (χ4n) is 1.64. The minimum Gasteiger partial charge on any atom is -0.478 e. The van der Waals surface area contributed by atoms with E-state index < -0.39 is 5.97 Å². The molecule has 98 valence electrons. The van der Waals surface area contributed by atoms with Gasteiger partial charge in [0, 0.05) is 5.54 Å². The molecule has 4 nitrogen and oxygen atoms in total. The highest BCUT2D eigenvalue weighted by molar-refractivity contribution is 6.04. The van der Waals surface area contributed by atoms with E-state index in [4.69, 9.17) is 5.11 Å². The van der Waals surface area contributed by atoms with Crippen molar-refractivity contribution in [3.8, 4) is 0 Å². The molecule has 0 aliphatic heterocycles. The Kier molecular flexibility index (Phi) is 4.48. The maximum absolute atomic E-state index is 12.1. The van der Waals surface area contributed by atoms with Crippen LogP contribution in [0, 0.1) is 0 Å². The lowest BCUT2D eigenvalue weighted by Crippen LogP contribution is -2.45. The van der Waals surface area contributed by atoms with Crippen molar-refractivity contribution in [3.05, 3.63) is 35.4 Å². The zero-order valence-corrected chi connectivity index (χ0v) is 11.0. The molecule has 0 aliphatic carbocycles. The fourth-order valence-corrected chi connectivity index (χ4v) is 1.64. The first-order valence-corrected chi connectivity index (χ1v) is 6.08. The summed E-state index contributed by atoms with van der Waals surface area (Å²) < 4.78 is 0. The number of benzene rings is 1. The molecule has 1 amide bonds. The summed E-state index contributed by atoms with van der Waals surface area (Å²) in [7, 11) is 0. The molecule has 0 unspecified atom stereocenters. The van der Waals surface area contributed by atoms with Crippen molar-refractivity contribution in [1.82, 2.24) is 5.32 Å². The minimum atomic E-state index is -1.09. The lowest BCUT2D eigenvalue weighted by Gasteiger charge is -2.28. The summed E-state index contributed by atoms with van der Waals surface area (Å²) in [6, 6.07) is 6.24. The first-order chi connectivity index (χ1) is 8.43. The number of aromatic carboxylic acids is 1. The van der Waals surface area contributed by atoms with Gasteiger partial charge in [-0.1, -0.05) is 26.0 Å². The van der Waals surface area contributed by atoms with Gasteiger partial charge in [-0.2, -0.15) is 0 Å². The molecule has 0 aliphatic rings. The van der Waals surface area contributed by atoms with Crippen LogP contribution in [0.1, 0.15) is 54.3 Å². The molecule has 1 rings (SSSR count). The molecule has 0 saturated carbocycles. The molecule has 0 bridgehead atoms. The van der Waals surface area contributed by atoms with Gasteiger partial charge in [0.1, 0.15) is 0 Å². The molecule has 18 heavy (non-hydrogen) atoms. The molecule has 1 aromatic rings. The smallest absolute Gasteiger partial charge is 0.336 e. The van der Waals surface area contributed by atoms with Crippen molar-refractivity contribution in [2.75, 3.05) is 0 Å². The van der Waals surface area contributed by atoms with E-state index in [1.165, 1.54) is 12.1 Å². The first kappa shape index (κ1) is 14.2. The Hall–Kier alpha value is -1.84. The van der Waals surface area contributed by atoms with Crippen LogP contribution < -0.4 is 5.32 Å². The fraction of sp³-hybridized carbons (Fsp3) is 0.429. The van der Waals surface area contributed by atoms with Gasteiger partial charge in [0.2, 0.25) is 0 Å². The largest absolute Gasteiger partial charge is 0.478 e. The van der Waals surface area contributed by atoms with Crippen LogP contribution in [0.5, 0.6) is 0 Å². The monoisotopic (exact) mass is 249 g/mol. The number of carboxylic acids is 1. The molecule has 2 N–H and O–H groups in total. The SMILES string of the molecule is CCC(C)(CC)NC(=O)c1ccccc1C(=O)O. The average molecular weight is 249 g/mol. The van der Waals surface area contributed by atoms with Crippen molar-refractivity contribution in [2.45, 2.75) is 39.2 Å². The van der Waals surface area contributed by atoms with Crippen LogP contribution in [0.15, 0.2) is 24.3 Å². The van der Waals surface area contributed by atoms with Crippen molar-refractivity contribution in [3.63, 3.8) is 0 Å². The Morgan fingerprint density at radius 2 is 1.67 bits per heavy atom. The van der Waals surface area contributed by atoms with E-state index in [2.05, 4.69) is 5.32 Å². The van der Waals surface area contributed by atoms with Crippen molar-refractivity contribution >= 4 is 11.9 Å². The van der Waals surface area contributed by atoms with Gasteiger partial charge in [-0.15, -0.1) is 0 Å². The number of nitrogens with one attached hydrogen (secondary N) is 1. The van der Waals surface area contributed by atoms with Gasteiger partial charge >= 0.3 is 5.97 Å². The summed E-state index contributed by atoms with van der Waals surface area (Å²) in [6.45, 7) is 5.94. The second kappa shape index (κ2) is 5.67. The molecule has 0 fully saturated rings. The number of hydrogen-bond donors (Lipinski definition) is 2. The number of hydrogen-bond acceptors (Lipinski definition) is 2. The quantitative estimate of drug-likeness (QED) is 0.843. The molecule has 4 heteroatoms. The normalized spacial score (nSPS) is 11.1. The van der Waals surface area contributed by atoms with Gasteiger partial charge in [0.05, 0.1) is 11.1 Å². The zero-order valence-electron chi connectivity index (χ0n) is 11.0. The summed E-state index contributed by atoms with van der Waals surface area (Å²) in [6.07, 6.45) is 1.59. The van der Waals surface area contributed by atoms with Crippen LogP contribution in [-0.4, -0.2) is 22.5 Å². The van der Waals surface area contributed by atoms with Gasteiger partial charge in [-0.05, 0) is 31.9 Å². The highest BCUT2D eigenvalue weighted by Crippen LogP contribution is 2.16. The summed E-state index contributed by atoms with van der Waals surface area (Å²) in [4.78, 5) is 23.2. The van der Waals surface area contributed by atoms with Gasteiger partial charge in [0.15, 0.2) is 0 Å². The van der Waals surface area contributed by atoms with Gasteiger partial charge in [-0.25, -0.2) is 4.79 Å². The lowest BCUT2D eigenvalue weighted by atomic mass is 9.94. The van der Waals surface area contributed by atoms with E-state index in [-0.39, 0.29) is 22.6 Å². The van der Waals surface area contributed by atoms with E-state index in [1.54, 1.807) is 12.1 Å². The van der Waals surface area contributed by atoms with E-state index in [9.17, 15) is 9.59 Å². The van der Waals surface area contributed by atoms with Crippen molar-refractivity contribution < 1.29 is 14.7 Å². The lowest BCUT2D eigenvalue weighted by molar-refractivity contribution is 0.0689. The van der Waals surface area contributed by atoms with Crippen LogP contribution in [0.25, 0.3) is 0 Å². The topological polar surface area (TPSA) is 66.4 Å². The Labute approximate surface area is 107 Å². The molecule has 0 aromatic heterocycles. The van der Waals surface area contributed by atoms with Crippen LogP contribution in [0.4, 0.5) is 0 Å². The Balaban J connectivity index is 3.01. The van der Waals surface area contributed by atoms with Gasteiger partial charge in [0.25, 0.3) is 5.91 Å². The summed E-state index contributed by atoms with van der Waals surface area (Å²) in [5.74, 6) is -1.42. The Bertz CT molecular complexity index is 450. The van der Waals surface area contributed by atoms with Gasteiger partial charge < -0.3 is 10.4 Å². The van der Waals surface area contributed by atoms with E-state index >= 15 is 0 Å². The number of carboxylic acid groups (broad SMARTS) is 1. The maximum Gasteiger partial charge on any atom is 0.336 e. The van der Waals surface area contributed by atoms with E-state index in [0.29, 0.717) is 0 Å². The highest BCUT2D eigenvalue weighted by Gasteiger charge is 2.24. The van der Waals surface area contributed by atoms with Gasteiger partial charge in [-0.3, -0.25) is 4.79 Å². The predicted octanol–water partition coefficient (Wildman–Crippen LogP) is 2.69. The molecule has 0 radical (unpaired) electrons. The van der Waals surface area contributed by atoms with E-state index in [1.807, 2.05) is 20.8 Å². The zero-order chi connectivity index (χ0) is 13.8. The number of carbonyl (C=O) groups is 2. The molecule has 0 spiro atoms. The molecule has 0 saturated heterocycles. The average Bonchev–Trinajstić information content (AvgIpc) is 2.38. The minimum absolute atomic E-state index is 0.0320. The summed E-state index contributed by atoms with van der Waals surface area (Å²) >= 11 is 0. The van der Waals surface area contributed by atoms with Crippen LogP contribution in [-0.2, 0) is 0 Å². The third-order valence-corrected chi connectivity index (χ3v) is 3.38. The maximum atomic E-state index is 12.1. The number of amides is 1. The Morgan fingerprint density at radius 1 is 1.17 bits per heavy atom.